The fourth-order valence-corrected chi connectivity index (χ4v) is 3.74. The van der Waals surface area contributed by atoms with Crippen LogP contribution in [0.2, 0.25) is 0 Å². The van der Waals surface area contributed by atoms with Gasteiger partial charge in [-0.2, -0.15) is 31.3 Å². The SMILES string of the molecule is FC(F)(F)CN1CCOc2cnc(NC3CCN(c4ccnc(C(F)(F)F)c4)CC3)nc21. The molecule has 1 N–H and O–H groups in total. The molecule has 0 spiro atoms. The maximum absolute atomic E-state index is 12.9. The second kappa shape index (κ2) is 8.51. The molecule has 2 aliphatic heterocycles. The molecule has 0 bridgehead atoms. The second-order valence-electron chi connectivity index (χ2n) is 7.57. The van der Waals surface area contributed by atoms with E-state index in [2.05, 4.69) is 20.3 Å². The maximum atomic E-state index is 12.9. The van der Waals surface area contributed by atoms with Crippen LogP contribution in [0.5, 0.6) is 5.75 Å². The lowest BCUT2D eigenvalue weighted by atomic mass is 10.0. The van der Waals surface area contributed by atoms with Gasteiger partial charge in [0.2, 0.25) is 5.95 Å². The first kappa shape index (κ1) is 22.2. The molecular weight excluding hydrogens is 442 g/mol. The zero-order valence-corrected chi connectivity index (χ0v) is 16.7. The number of alkyl halides is 6. The van der Waals surface area contributed by atoms with Crippen molar-refractivity contribution in [3.05, 3.63) is 30.2 Å². The van der Waals surface area contributed by atoms with Crippen molar-refractivity contribution in [2.45, 2.75) is 31.2 Å². The summed E-state index contributed by atoms with van der Waals surface area (Å²) in [7, 11) is 0. The van der Waals surface area contributed by atoms with Crippen molar-refractivity contribution in [2.75, 3.05) is 47.9 Å². The molecule has 4 rings (SSSR count). The van der Waals surface area contributed by atoms with Gasteiger partial charge in [0.25, 0.3) is 0 Å². The summed E-state index contributed by atoms with van der Waals surface area (Å²) in [4.78, 5) is 14.7. The molecule has 7 nitrogen and oxygen atoms in total. The highest BCUT2D eigenvalue weighted by molar-refractivity contribution is 5.56. The molecule has 13 heteroatoms. The first-order valence-electron chi connectivity index (χ1n) is 9.95. The molecule has 1 fully saturated rings. The lowest BCUT2D eigenvalue weighted by molar-refractivity contribution is -0.141. The summed E-state index contributed by atoms with van der Waals surface area (Å²) >= 11 is 0. The summed E-state index contributed by atoms with van der Waals surface area (Å²) in [6.45, 7) is 0.0282. The molecule has 0 radical (unpaired) electrons. The zero-order valence-electron chi connectivity index (χ0n) is 16.7. The first-order valence-corrected chi connectivity index (χ1v) is 9.95. The molecule has 0 amide bonds. The standard InChI is InChI=1S/C19H20F6N6O/c20-18(21,22)11-31-7-8-32-14-10-27-17(29-16(14)31)28-12-2-5-30(6-3-12)13-1-4-26-15(9-13)19(23,24)25/h1,4,9-10,12H,2-3,5-8,11H2,(H,27,28,29). The van der Waals surface area contributed by atoms with E-state index in [4.69, 9.17) is 4.74 Å². The predicted molar refractivity (Wildman–Crippen MR) is 104 cm³/mol. The fourth-order valence-electron chi connectivity index (χ4n) is 3.74. The Morgan fingerprint density at radius 3 is 2.50 bits per heavy atom. The summed E-state index contributed by atoms with van der Waals surface area (Å²) in [5.41, 5.74) is -0.501. The lowest BCUT2D eigenvalue weighted by Gasteiger charge is -2.34. The topological polar surface area (TPSA) is 66.4 Å². The van der Waals surface area contributed by atoms with Crippen LogP contribution >= 0.6 is 0 Å². The van der Waals surface area contributed by atoms with Crippen molar-refractivity contribution in [3.63, 3.8) is 0 Å². The van der Waals surface area contributed by atoms with E-state index in [1.807, 2.05) is 4.90 Å². The normalized spacial score (nSPS) is 17.7. The van der Waals surface area contributed by atoms with E-state index in [1.54, 1.807) is 0 Å². The van der Waals surface area contributed by atoms with Gasteiger partial charge in [0.05, 0.1) is 12.7 Å². The van der Waals surface area contributed by atoms with Crippen molar-refractivity contribution in [1.82, 2.24) is 15.0 Å². The van der Waals surface area contributed by atoms with Gasteiger partial charge < -0.3 is 19.9 Å². The van der Waals surface area contributed by atoms with Gasteiger partial charge in [0, 0.05) is 31.0 Å². The van der Waals surface area contributed by atoms with Crippen LogP contribution in [0.1, 0.15) is 18.5 Å². The minimum Gasteiger partial charge on any atom is -0.486 e. The van der Waals surface area contributed by atoms with Crippen LogP contribution in [-0.4, -0.2) is 60.0 Å². The van der Waals surface area contributed by atoms with Crippen LogP contribution < -0.4 is 19.9 Å². The monoisotopic (exact) mass is 462 g/mol. The van der Waals surface area contributed by atoms with Crippen molar-refractivity contribution in [3.8, 4) is 5.75 Å². The molecule has 0 unspecified atom stereocenters. The molecule has 2 aromatic rings. The Hall–Kier alpha value is -2.99. The van der Waals surface area contributed by atoms with Crippen LogP contribution in [0, 0.1) is 0 Å². The van der Waals surface area contributed by atoms with E-state index in [0.29, 0.717) is 31.6 Å². The van der Waals surface area contributed by atoms with E-state index in [1.165, 1.54) is 12.3 Å². The number of anilines is 3. The van der Waals surface area contributed by atoms with Crippen LogP contribution in [0.4, 0.5) is 43.8 Å². The summed E-state index contributed by atoms with van der Waals surface area (Å²) < 4.78 is 82.6. The number of nitrogens with one attached hydrogen (secondary N) is 1. The number of aromatic nitrogens is 3. The van der Waals surface area contributed by atoms with Gasteiger partial charge in [-0.25, -0.2) is 4.98 Å². The minimum absolute atomic E-state index is 0.0627. The van der Waals surface area contributed by atoms with Gasteiger partial charge >= 0.3 is 12.4 Å². The Morgan fingerprint density at radius 2 is 1.81 bits per heavy atom. The molecule has 0 atom stereocenters. The smallest absolute Gasteiger partial charge is 0.433 e. The van der Waals surface area contributed by atoms with Crippen molar-refractivity contribution in [1.29, 1.82) is 0 Å². The van der Waals surface area contributed by atoms with Gasteiger partial charge in [-0.15, -0.1) is 0 Å². The number of fused-ring (bicyclic) bond motifs is 1. The van der Waals surface area contributed by atoms with E-state index < -0.39 is 24.6 Å². The van der Waals surface area contributed by atoms with E-state index in [9.17, 15) is 26.3 Å². The molecule has 0 aromatic carbocycles. The number of hydrogen-bond donors (Lipinski definition) is 1. The Labute approximate surface area is 179 Å². The molecule has 0 saturated carbocycles. The summed E-state index contributed by atoms with van der Waals surface area (Å²) in [6.07, 6.45) is -5.22. The third-order valence-electron chi connectivity index (χ3n) is 5.25. The summed E-state index contributed by atoms with van der Waals surface area (Å²) in [5, 5.41) is 3.12. The van der Waals surface area contributed by atoms with Crippen LogP contribution in [-0.2, 0) is 6.18 Å². The number of nitrogens with zero attached hydrogens (tertiary/aromatic N) is 5. The summed E-state index contributed by atoms with van der Waals surface area (Å²) in [5.74, 6) is 0.460. The van der Waals surface area contributed by atoms with Gasteiger partial charge in [0.15, 0.2) is 11.6 Å². The number of piperidine rings is 1. The average Bonchev–Trinajstić information content (AvgIpc) is 2.73. The molecule has 174 valence electrons. The molecule has 0 aliphatic carbocycles. The molecule has 2 aromatic heterocycles. The molecule has 1 saturated heterocycles. The molecule has 32 heavy (non-hydrogen) atoms. The Morgan fingerprint density at radius 1 is 1.06 bits per heavy atom. The van der Waals surface area contributed by atoms with Crippen LogP contribution in [0.3, 0.4) is 0 Å². The molecular formula is C19H20F6N6O. The van der Waals surface area contributed by atoms with E-state index in [0.717, 1.165) is 17.2 Å². The van der Waals surface area contributed by atoms with E-state index >= 15 is 0 Å². The molecule has 2 aliphatic rings. The Kier molecular flexibility index (Phi) is 5.91. The Bertz CT molecular complexity index is 945. The highest BCUT2D eigenvalue weighted by Gasteiger charge is 2.35. The third kappa shape index (κ3) is 5.25. The molecule has 4 heterocycles. The zero-order chi connectivity index (χ0) is 22.9. The lowest BCUT2D eigenvalue weighted by Crippen LogP contribution is -2.41. The largest absolute Gasteiger partial charge is 0.486 e. The predicted octanol–water partition coefficient (Wildman–Crippen LogP) is 3.73. The summed E-state index contributed by atoms with van der Waals surface area (Å²) in [6, 6.07) is 2.48. The number of hydrogen-bond acceptors (Lipinski definition) is 7. The number of halogens is 6. The quantitative estimate of drug-likeness (QED) is 0.695. The number of rotatable bonds is 4. The van der Waals surface area contributed by atoms with Crippen LogP contribution in [0.25, 0.3) is 0 Å². The van der Waals surface area contributed by atoms with Gasteiger partial charge in [-0.05, 0) is 25.0 Å². The fraction of sp³-hybridized carbons (Fsp3) is 0.526. The van der Waals surface area contributed by atoms with E-state index in [-0.39, 0.29) is 36.7 Å². The Balaban J connectivity index is 1.39. The first-order chi connectivity index (χ1) is 15.1. The second-order valence-corrected chi connectivity index (χ2v) is 7.57. The maximum Gasteiger partial charge on any atom is 0.433 e. The third-order valence-corrected chi connectivity index (χ3v) is 5.25. The van der Waals surface area contributed by atoms with Crippen LogP contribution in [0.15, 0.2) is 24.5 Å². The van der Waals surface area contributed by atoms with Crippen molar-refractivity contribution in [2.24, 2.45) is 0 Å². The number of pyridine rings is 1. The van der Waals surface area contributed by atoms with Crippen molar-refractivity contribution >= 4 is 17.5 Å². The number of ether oxygens (including phenoxy) is 1. The highest BCUT2D eigenvalue weighted by atomic mass is 19.4. The van der Waals surface area contributed by atoms with Gasteiger partial charge in [-0.3, -0.25) is 4.98 Å². The average molecular weight is 462 g/mol. The van der Waals surface area contributed by atoms with Gasteiger partial charge in [-0.1, -0.05) is 0 Å². The minimum atomic E-state index is -4.51. The van der Waals surface area contributed by atoms with Gasteiger partial charge in [0.1, 0.15) is 18.8 Å². The highest BCUT2D eigenvalue weighted by Crippen LogP contribution is 2.33. The van der Waals surface area contributed by atoms with Crippen molar-refractivity contribution < 1.29 is 31.1 Å².